The first-order chi connectivity index (χ1) is 5.16. The summed E-state index contributed by atoms with van der Waals surface area (Å²) >= 11 is 0. The van der Waals surface area contributed by atoms with Gasteiger partial charge in [-0.25, -0.2) is 0 Å². The first kappa shape index (κ1) is 7.92. The SMILES string of the molecule is CCc1c(C)ccc(N)c1N. The molecule has 0 aliphatic carbocycles. The minimum absolute atomic E-state index is 0.687. The lowest BCUT2D eigenvalue weighted by Gasteiger charge is -2.08. The fourth-order valence-corrected chi connectivity index (χ4v) is 1.26. The summed E-state index contributed by atoms with van der Waals surface area (Å²) in [4.78, 5) is 0. The van der Waals surface area contributed by atoms with E-state index in [1.165, 1.54) is 11.1 Å². The number of nitrogens with two attached hydrogens (primary N) is 2. The first-order valence-corrected chi connectivity index (χ1v) is 3.80. The zero-order valence-electron chi connectivity index (χ0n) is 7.02. The smallest absolute Gasteiger partial charge is 0.0582 e. The molecule has 0 unspecified atom stereocenters. The normalized spacial score (nSPS) is 10.0. The number of hydrogen-bond donors (Lipinski definition) is 2. The van der Waals surface area contributed by atoms with E-state index in [1.54, 1.807) is 0 Å². The molecule has 0 heterocycles. The summed E-state index contributed by atoms with van der Waals surface area (Å²) in [5.74, 6) is 0. The minimum atomic E-state index is 0.687. The van der Waals surface area contributed by atoms with E-state index in [-0.39, 0.29) is 0 Å². The van der Waals surface area contributed by atoms with Crippen LogP contribution >= 0.6 is 0 Å². The molecule has 2 nitrogen and oxygen atoms in total. The van der Waals surface area contributed by atoms with Crippen LogP contribution in [0, 0.1) is 6.92 Å². The quantitative estimate of drug-likeness (QED) is 0.599. The zero-order chi connectivity index (χ0) is 8.43. The van der Waals surface area contributed by atoms with Crippen LogP contribution in [0.1, 0.15) is 18.1 Å². The molecular formula is C9H14N2. The van der Waals surface area contributed by atoms with Crippen LogP contribution in [0.2, 0.25) is 0 Å². The number of nitrogen functional groups attached to an aromatic ring is 2. The van der Waals surface area contributed by atoms with Gasteiger partial charge in [0.25, 0.3) is 0 Å². The third-order valence-electron chi connectivity index (χ3n) is 1.98. The van der Waals surface area contributed by atoms with E-state index in [2.05, 4.69) is 13.8 Å². The first-order valence-electron chi connectivity index (χ1n) is 3.80. The topological polar surface area (TPSA) is 52.0 Å². The highest BCUT2D eigenvalue weighted by atomic mass is 14.7. The lowest BCUT2D eigenvalue weighted by atomic mass is 10.0. The Morgan fingerprint density at radius 3 is 2.36 bits per heavy atom. The summed E-state index contributed by atoms with van der Waals surface area (Å²) in [6, 6.07) is 3.86. The Hall–Kier alpha value is -1.18. The lowest BCUT2D eigenvalue weighted by molar-refractivity contribution is 1.12. The van der Waals surface area contributed by atoms with Crippen molar-refractivity contribution >= 4 is 11.4 Å². The maximum absolute atomic E-state index is 5.77. The van der Waals surface area contributed by atoms with E-state index >= 15 is 0 Å². The van der Waals surface area contributed by atoms with Crippen molar-refractivity contribution in [2.45, 2.75) is 20.3 Å². The van der Waals surface area contributed by atoms with Crippen LogP contribution in [0.25, 0.3) is 0 Å². The van der Waals surface area contributed by atoms with Crippen molar-refractivity contribution in [2.24, 2.45) is 0 Å². The van der Waals surface area contributed by atoms with Crippen LogP contribution in [0.5, 0.6) is 0 Å². The van der Waals surface area contributed by atoms with Crippen LogP contribution < -0.4 is 11.5 Å². The lowest BCUT2D eigenvalue weighted by Crippen LogP contribution is -2.00. The molecule has 60 valence electrons. The predicted octanol–water partition coefficient (Wildman–Crippen LogP) is 1.72. The van der Waals surface area contributed by atoms with E-state index in [1.807, 2.05) is 12.1 Å². The monoisotopic (exact) mass is 150 g/mol. The molecule has 1 rings (SSSR count). The molecule has 0 aliphatic heterocycles. The largest absolute Gasteiger partial charge is 0.397 e. The Morgan fingerprint density at radius 1 is 1.27 bits per heavy atom. The van der Waals surface area contributed by atoms with Gasteiger partial charge in [0.2, 0.25) is 0 Å². The molecule has 0 spiro atoms. The molecule has 0 radical (unpaired) electrons. The Labute approximate surface area is 67.2 Å². The number of hydrogen-bond acceptors (Lipinski definition) is 2. The number of benzene rings is 1. The predicted molar refractivity (Wildman–Crippen MR) is 49.4 cm³/mol. The standard InChI is InChI=1S/C9H14N2/c1-3-7-6(2)4-5-8(10)9(7)11/h4-5H,3,10-11H2,1-2H3. The van der Waals surface area contributed by atoms with Crippen LogP contribution in [-0.4, -0.2) is 0 Å². The van der Waals surface area contributed by atoms with Gasteiger partial charge >= 0.3 is 0 Å². The summed E-state index contributed by atoms with van der Waals surface area (Å²) < 4.78 is 0. The van der Waals surface area contributed by atoms with Gasteiger partial charge in [-0.1, -0.05) is 13.0 Å². The second-order valence-corrected chi connectivity index (χ2v) is 2.72. The fourth-order valence-electron chi connectivity index (χ4n) is 1.26. The molecule has 2 heteroatoms. The van der Waals surface area contributed by atoms with Crippen molar-refractivity contribution in [1.82, 2.24) is 0 Å². The van der Waals surface area contributed by atoms with Crippen LogP contribution in [0.4, 0.5) is 11.4 Å². The molecule has 4 N–H and O–H groups in total. The molecule has 1 aromatic carbocycles. The van der Waals surface area contributed by atoms with Crippen molar-refractivity contribution in [2.75, 3.05) is 11.5 Å². The summed E-state index contributed by atoms with van der Waals surface area (Å²) in [7, 11) is 0. The zero-order valence-corrected chi connectivity index (χ0v) is 7.02. The van der Waals surface area contributed by atoms with Gasteiger partial charge in [0.15, 0.2) is 0 Å². The van der Waals surface area contributed by atoms with Gasteiger partial charge in [0.05, 0.1) is 11.4 Å². The average Bonchev–Trinajstić information content (AvgIpc) is 1.99. The van der Waals surface area contributed by atoms with Crippen molar-refractivity contribution in [1.29, 1.82) is 0 Å². The Balaban J connectivity index is 3.29. The maximum Gasteiger partial charge on any atom is 0.0582 e. The van der Waals surface area contributed by atoms with Crippen molar-refractivity contribution in [3.63, 3.8) is 0 Å². The van der Waals surface area contributed by atoms with E-state index < -0.39 is 0 Å². The molecule has 0 saturated heterocycles. The van der Waals surface area contributed by atoms with E-state index in [0.29, 0.717) is 5.69 Å². The van der Waals surface area contributed by atoms with Crippen LogP contribution in [0.15, 0.2) is 12.1 Å². The number of rotatable bonds is 1. The maximum atomic E-state index is 5.77. The Bertz CT molecular complexity index is 267. The molecule has 0 bridgehead atoms. The van der Waals surface area contributed by atoms with Gasteiger partial charge in [-0.3, -0.25) is 0 Å². The number of aryl methyl sites for hydroxylation is 1. The van der Waals surface area contributed by atoms with Crippen molar-refractivity contribution in [3.05, 3.63) is 23.3 Å². The summed E-state index contributed by atoms with van der Waals surface area (Å²) in [6.45, 7) is 4.13. The second kappa shape index (κ2) is 2.82. The van der Waals surface area contributed by atoms with Gasteiger partial charge in [-0.05, 0) is 30.5 Å². The summed E-state index contributed by atoms with van der Waals surface area (Å²) in [6.07, 6.45) is 0.947. The summed E-state index contributed by atoms with van der Waals surface area (Å²) in [5, 5.41) is 0. The molecule has 1 aromatic rings. The third-order valence-corrected chi connectivity index (χ3v) is 1.98. The average molecular weight is 150 g/mol. The Morgan fingerprint density at radius 2 is 1.91 bits per heavy atom. The third kappa shape index (κ3) is 1.29. The van der Waals surface area contributed by atoms with Crippen LogP contribution in [-0.2, 0) is 6.42 Å². The molecule has 0 aliphatic rings. The van der Waals surface area contributed by atoms with Gasteiger partial charge < -0.3 is 11.5 Å². The van der Waals surface area contributed by atoms with E-state index in [0.717, 1.165) is 12.1 Å². The van der Waals surface area contributed by atoms with E-state index in [9.17, 15) is 0 Å². The second-order valence-electron chi connectivity index (χ2n) is 2.72. The fraction of sp³-hybridized carbons (Fsp3) is 0.333. The molecule has 0 saturated carbocycles. The van der Waals surface area contributed by atoms with Gasteiger partial charge in [-0.2, -0.15) is 0 Å². The van der Waals surface area contributed by atoms with Crippen molar-refractivity contribution < 1.29 is 0 Å². The van der Waals surface area contributed by atoms with Crippen molar-refractivity contribution in [3.8, 4) is 0 Å². The molecule has 11 heavy (non-hydrogen) atoms. The van der Waals surface area contributed by atoms with Gasteiger partial charge in [0.1, 0.15) is 0 Å². The highest BCUT2D eigenvalue weighted by Crippen LogP contribution is 2.23. The van der Waals surface area contributed by atoms with E-state index in [4.69, 9.17) is 11.5 Å². The highest BCUT2D eigenvalue weighted by molar-refractivity contribution is 5.69. The van der Waals surface area contributed by atoms with Crippen LogP contribution in [0.3, 0.4) is 0 Å². The van der Waals surface area contributed by atoms with Gasteiger partial charge in [-0.15, -0.1) is 0 Å². The highest BCUT2D eigenvalue weighted by Gasteiger charge is 2.02. The summed E-state index contributed by atoms with van der Waals surface area (Å²) in [5.41, 5.74) is 15.2. The minimum Gasteiger partial charge on any atom is -0.397 e. The number of anilines is 2. The molecule has 0 amide bonds. The molecule has 0 fully saturated rings. The molecule has 0 aromatic heterocycles. The van der Waals surface area contributed by atoms with Gasteiger partial charge in [0, 0.05) is 0 Å². The Kier molecular flexibility index (Phi) is 2.03. The molecule has 0 atom stereocenters. The molecular weight excluding hydrogens is 136 g/mol.